The molecular formula is C12H9N5O4. The number of para-hydroxylation sites is 2. The SMILES string of the molecule is Nc1nonc1-c1nc(C2COc3ccccc3O2)no1. The first-order chi connectivity index (χ1) is 10.3. The second kappa shape index (κ2) is 4.47. The van der Waals surface area contributed by atoms with Gasteiger partial charge in [0.25, 0.3) is 5.89 Å². The molecule has 3 heterocycles. The highest BCUT2D eigenvalue weighted by Gasteiger charge is 2.28. The van der Waals surface area contributed by atoms with E-state index in [1.165, 1.54) is 0 Å². The van der Waals surface area contributed by atoms with Crippen molar-refractivity contribution in [1.82, 2.24) is 20.5 Å². The summed E-state index contributed by atoms with van der Waals surface area (Å²) in [5.41, 5.74) is 5.77. The predicted molar refractivity (Wildman–Crippen MR) is 67.3 cm³/mol. The fourth-order valence-electron chi connectivity index (χ4n) is 1.95. The maximum atomic E-state index is 5.78. The van der Waals surface area contributed by atoms with Crippen LogP contribution in [-0.2, 0) is 0 Å². The van der Waals surface area contributed by atoms with Gasteiger partial charge in [-0.3, -0.25) is 0 Å². The molecule has 1 aliphatic heterocycles. The second-order valence-electron chi connectivity index (χ2n) is 4.32. The van der Waals surface area contributed by atoms with Gasteiger partial charge in [-0.1, -0.05) is 17.3 Å². The van der Waals surface area contributed by atoms with E-state index < -0.39 is 6.10 Å². The topological polar surface area (TPSA) is 122 Å². The molecule has 3 aromatic rings. The molecule has 0 saturated carbocycles. The van der Waals surface area contributed by atoms with Crippen LogP contribution in [0.2, 0.25) is 0 Å². The molecule has 0 radical (unpaired) electrons. The largest absolute Gasteiger partial charge is 0.485 e. The summed E-state index contributed by atoms with van der Waals surface area (Å²) in [6, 6.07) is 7.36. The molecule has 21 heavy (non-hydrogen) atoms. The van der Waals surface area contributed by atoms with E-state index in [0.717, 1.165) is 0 Å². The zero-order chi connectivity index (χ0) is 14.2. The molecule has 0 bridgehead atoms. The van der Waals surface area contributed by atoms with E-state index in [0.29, 0.717) is 17.3 Å². The number of nitrogens with zero attached hydrogens (tertiary/aromatic N) is 4. The third-order valence-electron chi connectivity index (χ3n) is 2.95. The Morgan fingerprint density at radius 1 is 1.10 bits per heavy atom. The highest BCUT2D eigenvalue weighted by molar-refractivity contribution is 5.60. The van der Waals surface area contributed by atoms with Gasteiger partial charge in [-0.25, -0.2) is 4.63 Å². The van der Waals surface area contributed by atoms with Crippen molar-refractivity contribution in [3.05, 3.63) is 30.1 Å². The van der Waals surface area contributed by atoms with Gasteiger partial charge in [0.15, 0.2) is 17.6 Å². The summed E-state index contributed by atoms with van der Waals surface area (Å²) in [5.74, 6) is 1.84. The van der Waals surface area contributed by atoms with Gasteiger partial charge in [0.2, 0.25) is 17.3 Å². The summed E-state index contributed by atoms with van der Waals surface area (Å²) in [7, 11) is 0. The van der Waals surface area contributed by atoms with Crippen LogP contribution in [0.5, 0.6) is 11.5 Å². The van der Waals surface area contributed by atoms with Crippen molar-refractivity contribution in [1.29, 1.82) is 0 Å². The normalized spacial score (nSPS) is 16.9. The van der Waals surface area contributed by atoms with Crippen molar-refractivity contribution < 1.29 is 18.6 Å². The van der Waals surface area contributed by atoms with Crippen LogP contribution in [0.4, 0.5) is 5.82 Å². The number of nitrogen functional groups attached to an aromatic ring is 1. The van der Waals surface area contributed by atoms with Crippen molar-refractivity contribution in [3.8, 4) is 23.1 Å². The molecule has 9 nitrogen and oxygen atoms in total. The first kappa shape index (κ1) is 11.7. The molecule has 0 amide bonds. The molecular weight excluding hydrogens is 278 g/mol. The third-order valence-corrected chi connectivity index (χ3v) is 2.95. The Morgan fingerprint density at radius 2 is 1.95 bits per heavy atom. The van der Waals surface area contributed by atoms with E-state index in [1.807, 2.05) is 24.3 Å². The van der Waals surface area contributed by atoms with Gasteiger partial charge in [-0.05, 0) is 22.4 Å². The van der Waals surface area contributed by atoms with Crippen molar-refractivity contribution in [2.75, 3.05) is 12.3 Å². The lowest BCUT2D eigenvalue weighted by Gasteiger charge is -2.24. The molecule has 0 aliphatic carbocycles. The summed E-state index contributed by atoms with van der Waals surface area (Å²) in [4.78, 5) is 4.18. The van der Waals surface area contributed by atoms with E-state index in [2.05, 4.69) is 25.1 Å². The van der Waals surface area contributed by atoms with Gasteiger partial charge in [0, 0.05) is 0 Å². The van der Waals surface area contributed by atoms with Crippen molar-refractivity contribution in [2.24, 2.45) is 0 Å². The van der Waals surface area contributed by atoms with E-state index in [9.17, 15) is 0 Å². The lowest BCUT2D eigenvalue weighted by Crippen LogP contribution is -2.22. The number of anilines is 1. The summed E-state index contributed by atoms with van der Waals surface area (Å²) < 4.78 is 21.0. The van der Waals surface area contributed by atoms with Crippen LogP contribution in [0.1, 0.15) is 11.9 Å². The zero-order valence-corrected chi connectivity index (χ0v) is 10.6. The van der Waals surface area contributed by atoms with Crippen LogP contribution >= 0.6 is 0 Å². The lowest BCUT2D eigenvalue weighted by atomic mass is 10.2. The Kier molecular flexibility index (Phi) is 2.49. The predicted octanol–water partition coefficient (Wildman–Crippen LogP) is 1.21. The van der Waals surface area contributed by atoms with Crippen LogP contribution in [0.15, 0.2) is 33.4 Å². The van der Waals surface area contributed by atoms with Gasteiger partial charge in [0.05, 0.1) is 0 Å². The number of benzene rings is 1. The average molecular weight is 287 g/mol. The van der Waals surface area contributed by atoms with Crippen molar-refractivity contribution in [2.45, 2.75) is 6.10 Å². The number of aromatic nitrogens is 4. The average Bonchev–Trinajstić information content (AvgIpc) is 3.15. The van der Waals surface area contributed by atoms with E-state index in [4.69, 9.17) is 19.7 Å². The molecule has 1 atom stereocenters. The smallest absolute Gasteiger partial charge is 0.284 e. The van der Waals surface area contributed by atoms with E-state index in [1.54, 1.807) is 0 Å². The van der Waals surface area contributed by atoms with Gasteiger partial charge in [-0.15, -0.1) is 0 Å². The van der Waals surface area contributed by atoms with Gasteiger partial charge < -0.3 is 19.7 Å². The van der Waals surface area contributed by atoms with Crippen LogP contribution in [0.25, 0.3) is 11.6 Å². The quantitative estimate of drug-likeness (QED) is 0.740. The molecule has 0 saturated heterocycles. The molecule has 0 spiro atoms. The molecule has 1 aromatic carbocycles. The standard InChI is InChI=1S/C12H9N5O4/c13-10-9(15-21-16-10)12-14-11(17-20-12)8-5-18-6-3-1-2-4-7(6)19-8/h1-4,8H,5H2,(H2,13,16). The Hall–Kier alpha value is -3.10. The van der Waals surface area contributed by atoms with Crippen molar-refractivity contribution >= 4 is 5.82 Å². The first-order valence-corrected chi connectivity index (χ1v) is 6.12. The number of hydrogen-bond acceptors (Lipinski definition) is 9. The monoisotopic (exact) mass is 287 g/mol. The summed E-state index contributed by atoms with van der Waals surface area (Å²) in [5, 5.41) is 10.9. The summed E-state index contributed by atoms with van der Waals surface area (Å²) in [6.07, 6.45) is -0.474. The molecule has 4 rings (SSSR count). The Bertz CT molecular complexity index is 783. The van der Waals surface area contributed by atoms with Crippen LogP contribution in [-0.4, -0.2) is 27.1 Å². The number of nitrogens with two attached hydrogens (primary N) is 1. The van der Waals surface area contributed by atoms with Gasteiger partial charge in [-0.2, -0.15) is 4.98 Å². The number of rotatable bonds is 2. The minimum Gasteiger partial charge on any atom is -0.485 e. The number of hydrogen-bond donors (Lipinski definition) is 1. The Morgan fingerprint density at radius 3 is 2.76 bits per heavy atom. The summed E-state index contributed by atoms with van der Waals surface area (Å²) >= 11 is 0. The van der Waals surface area contributed by atoms with Crippen molar-refractivity contribution in [3.63, 3.8) is 0 Å². The summed E-state index contributed by atoms with van der Waals surface area (Å²) in [6.45, 7) is 0.280. The zero-order valence-electron chi connectivity index (χ0n) is 10.6. The minimum atomic E-state index is -0.474. The second-order valence-corrected chi connectivity index (χ2v) is 4.32. The lowest BCUT2D eigenvalue weighted by molar-refractivity contribution is 0.0832. The highest BCUT2D eigenvalue weighted by atomic mass is 16.6. The molecule has 2 aromatic heterocycles. The fourth-order valence-corrected chi connectivity index (χ4v) is 1.95. The Balaban J connectivity index is 1.61. The highest BCUT2D eigenvalue weighted by Crippen LogP contribution is 2.35. The first-order valence-electron chi connectivity index (χ1n) is 6.12. The maximum Gasteiger partial charge on any atom is 0.284 e. The van der Waals surface area contributed by atoms with Crippen LogP contribution in [0.3, 0.4) is 0 Å². The van der Waals surface area contributed by atoms with E-state index in [-0.39, 0.29) is 24.0 Å². The molecule has 9 heteroatoms. The molecule has 2 N–H and O–H groups in total. The molecule has 1 aliphatic rings. The fraction of sp³-hybridized carbons (Fsp3) is 0.167. The van der Waals surface area contributed by atoms with Crippen LogP contribution in [0, 0.1) is 0 Å². The molecule has 106 valence electrons. The van der Waals surface area contributed by atoms with E-state index >= 15 is 0 Å². The molecule has 1 unspecified atom stereocenters. The third kappa shape index (κ3) is 1.95. The molecule has 0 fully saturated rings. The minimum absolute atomic E-state index is 0.0800. The number of ether oxygens (including phenoxy) is 2. The van der Waals surface area contributed by atoms with Gasteiger partial charge >= 0.3 is 0 Å². The number of fused-ring (bicyclic) bond motifs is 1. The maximum absolute atomic E-state index is 5.78. The Labute approximate surface area is 117 Å². The van der Waals surface area contributed by atoms with Gasteiger partial charge in [0.1, 0.15) is 6.61 Å². The van der Waals surface area contributed by atoms with Crippen LogP contribution < -0.4 is 15.2 Å².